The molecule has 0 amide bonds. The van der Waals surface area contributed by atoms with Crippen LogP contribution in [-0.4, -0.2) is 28.0 Å². The van der Waals surface area contributed by atoms with Crippen LogP contribution in [-0.2, 0) is 5.54 Å². The molecule has 2 aromatic heterocycles. The van der Waals surface area contributed by atoms with Gasteiger partial charge in [-0.3, -0.25) is 0 Å². The Balaban J connectivity index is 1.60. The second kappa shape index (κ2) is 8.35. The summed E-state index contributed by atoms with van der Waals surface area (Å²) in [7, 11) is 0. The molecule has 0 unspecified atom stereocenters. The maximum absolute atomic E-state index is 6.66. The zero-order chi connectivity index (χ0) is 20.6. The molecule has 3 aromatic rings. The highest BCUT2D eigenvalue weighted by molar-refractivity contribution is 7.15. The van der Waals surface area contributed by atoms with Gasteiger partial charge in [0.1, 0.15) is 5.82 Å². The van der Waals surface area contributed by atoms with Crippen LogP contribution < -0.4 is 11.1 Å². The molecular formula is C23H26ClN5S. The highest BCUT2D eigenvalue weighted by atomic mass is 35.5. The summed E-state index contributed by atoms with van der Waals surface area (Å²) in [5, 5.41) is 5.34. The molecule has 1 aliphatic heterocycles. The molecule has 2 fully saturated rings. The van der Waals surface area contributed by atoms with E-state index in [4.69, 9.17) is 27.3 Å². The number of nitrogens with two attached hydrogens (primary N) is 1. The highest BCUT2D eigenvalue weighted by Gasteiger charge is 2.34. The van der Waals surface area contributed by atoms with Crippen LogP contribution in [0.25, 0.3) is 21.8 Å². The van der Waals surface area contributed by atoms with E-state index in [9.17, 15) is 0 Å². The predicted octanol–water partition coefficient (Wildman–Crippen LogP) is 5.12. The number of nitrogens with zero attached hydrogens (tertiary/aromatic N) is 3. The van der Waals surface area contributed by atoms with Gasteiger partial charge < -0.3 is 11.1 Å². The number of benzene rings is 1. The number of nitrogens with one attached hydrogen (secondary N) is 1. The normalized spacial score (nSPS) is 19.3. The molecule has 0 atom stereocenters. The first-order valence-electron chi connectivity index (χ1n) is 10.7. The number of halogens is 1. The molecule has 30 heavy (non-hydrogen) atoms. The van der Waals surface area contributed by atoms with Crippen molar-refractivity contribution in [2.45, 2.75) is 50.0 Å². The molecule has 5 rings (SSSR count). The first kappa shape index (κ1) is 20.1. The fourth-order valence-electron chi connectivity index (χ4n) is 4.54. The van der Waals surface area contributed by atoms with Gasteiger partial charge in [0.05, 0.1) is 26.8 Å². The van der Waals surface area contributed by atoms with Gasteiger partial charge in [0.25, 0.3) is 0 Å². The third-order valence-corrected chi connectivity index (χ3v) is 7.73. The molecular weight excluding hydrogens is 414 g/mol. The lowest BCUT2D eigenvalue weighted by Crippen LogP contribution is -2.35. The third-order valence-electron chi connectivity index (χ3n) is 6.26. The second-order valence-electron chi connectivity index (χ2n) is 8.39. The number of hydrogen-bond donors (Lipinski definition) is 2. The van der Waals surface area contributed by atoms with Crippen LogP contribution in [0.3, 0.4) is 0 Å². The van der Waals surface area contributed by atoms with Gasteiger partial charge in [-0.15, -0.1) is 11.3 Å². The zero-order valence-electron chi connectivity index (χ0n) is 16.9. The van der Waals surface area contributed by atoms with E-state index in [2.05, 4.69) is 16.4 Å². The first-order chi connectivity index (χ1) is 14.6. The minimum Gasteiger partial charge on any atom is -0.319 e. The highest BCUT2D eigenvalue weighted by Crippen LogP contribution is 2.42. The van der Waals surface area contributed by atoms with Crippen molar-refractivity contribution in [3.63, 3.8) is 0 Å². The summed E-state index contributed by atoms with van der Waals surface area (Å²) in [4.78, 5) is 15.7. The smallest absolute Gasteiger partial charge is 0.148 e. The molecule has 0 radical (unpaired) electrons. The third kappa shape index (κ3) is 3.89. The molecule has 3 heterocycles. The van der Waals surface area contributed by atoms with Crippen molar-refractivity contribution in [1.82, 2.24) is 20.3 Å². The van der Waals surface area contributed by atoms with E-state index in [1.54, 1.807) is 11.3 Å². The Kier molecular flexibility index (Phi) is 5.58. The predicted molar refractivity (Wildman–Crippen MR) is 123 cm³/mol. The number of hydrogen-bond acceptors (Lipinski definition) is 6. The fourth-order valence-corrected chi connectivity index (χ4v) is 5.96. The monoisotopic (exact) mass is 439 g/mol. The molecule has 2 aliphatic rings. The van der Waals surface area contributed by atoms with E-state index in [0.717, 1.165) is 79.3 Å². The molecule has 1 saturated carbocycles. The molecule has 0 spiro atoms. The Hall–Kier alpha value is -1.86. The fraction of sp³-hybridized carbons (Fsp3) is 0.435. The second-order valence-corrected chi connectivity index (χ2v) is 9.86. The average molecular weight is 440 g/mol. The summed E-state index contributed by atoms with van der Waals surface area (Å²) in [6.07, 6.45) is 8.24. The van der Waals surface area contributed by atoms with Gasteiger partial charge >= 0.3 is 0 Å². The summed E-state index contributed by atoms with van der Waals surface area (Å²) >= 11 is 8.06. The van der Waals surface area contributed by atoms with Gasteiger partial charge in [-0.05, 0) is 57.0 Å². The minimum atomic E-state index is -0.408. The first-order valence-corrected chi connectivity index (χ1v) is 11.9. The van der Waals surface area contributed by atoms with Crippen molar-refractivity contribution in [3.8, 4) is 21.8 Å². The number of piperidine rings is 1. The lowest BCUT2D eigenvalue weighted by molar-refractivity contribution is 0.432. The van der Waals surface area contributed by atoms with Gasteiger partial charge in [-0.2, -0.15) is 0 Å². The van der Waals surface area contributed by atoms with Crippen LogP contribution in [0.1, 0.15) is 55.3 Å². The number of aromatic nitrogens is 3. The Morgan fingerprint density at radius 2 is 1.90 bits per heavy atom. The van der Waals surface area contributed by atoms with Gasteiger partial charge in [0.2, 0.25) is 0 Å². The molecule has 156 valence electrons. The molecule has 1 aromatic carbocycles. The number of rotatable bonds is 4. The summed E-state index contributed by atoms with van der Waals surface area (Å²) < 4.78 is 0. The van der Waals surface area contributed by atoms with Crippen LogP contribution in [0.2, 0.25) is 5.02 Å². The SMILES string of the molecule is NC1(c2nccc(-c3sc(C4CCNCC4)nc3-c3cccc(Cl)c3)n2)CCCC1. The lowest BCUT2D eigenvalue weighted by Gasteiger charge is -2.21. The summed E-state index contributed by atoms with van der Waals surface area (Å²) in [5.41, 5.74) is 9.14. The number of thiazole rings is 1. The molecule has 0 bridgehead atoms. The molecule has 5 nitrogen and oxygen atoms in total. The summed E-state index contributed by atoms with van der Waals surface area (Å²) in [6, 6.07) is 9.90. The van der Waals surface area contributed by atoms with E-state index in [-0.39, 0.29) is 0 Å². The van der Waals surface area contributed by atoms with Gasteiger partial charge in [0, 0.05) is 22.7 Å². The lowest BCUT2D eigenvalue weighted by atomic mass is 9.98. The van der Waals surface area contributed by atoms with Gasteiger partial charge in [-0.1, -0.05) is 36.6 Å². The standard InChI is InChI=1S/C23H26ClN5S/c24-17-5-3-4-16(14-17)19-20(30-21(29-19)15-6-11-26-12-7-15)18-8-13-27-22(28-18)23(25)9-1-2-10-23/h3-5,8,13-15,26H,1-2,6-7,9-12,25H2. The summed E-state index contributed by atoms with van der Waals surface area (Å²) in [5.74, 6) is 1.24. The quantitative estimate of drug-likeness (QED) is 0.590. The largest absolute Gasteiger partial charge is 0.319 e. The van der Waals surface area contributed by atoms with Gasteiger partial charge in [0.15, 0.2) is 0 Å². The Morgan fingerprint density at radius 1 is 1.10 bits per heavy atom. The van der Waals surface area contributed by atoms with Crippen molar-refractivity contribution in [1.29, 1.82) is 0 Å². The van der Waals surface area contributed by atoms with E-state index in [1.165, 1.54) is 5.01 Å². The van der Waals surface area contributed by atoms with Crippen molar-refractivity contribution >= 4 is 22.9 Å². The average Bonchev–Trinajstić information content (AvgIpc) is 3.42. The van der Waals surface area contributed by atoms with Crippen LogP contribution in [0.15, 0.2) is 36.5 Å². The van der Waals surface area contributed by atoms with Crippen LogP contribution in [0.5, 0.6) is 0 Å². The maximum Gasteiger partial charge on any atom is 0.148 e. The van der Waals surface area contributed by atoms with Crippen molar-refractivity contribution < 1.29 is 0 Å². The molecule has 7 heteroatoms. The Morgan fingerprint density at radius 3 is 2.67 bits per heavy atom. The van der Waals surface area contributed by atoms with Crippen LogP contribution >= 0.6 is 22.9 Å². The van der Waals surface area contributed by atoms with E-state index in [1.807, 2.05) is 30.5 Å². The van der Waals surface area contributed by atoms with Crippen LogP contribution in [0, 0.1) is 0 Å². The Bertz CT molecular complexity index is 1040. The minimum absolute atomic E-state index is 0.408. The Labute approximate surface area is 186 Å². The maximum atomic E-state index is 6.66. The van der Waals surface area contributed by atoms with Crippen LogP contribution in [0.4, 0.5) is 0 Å². The van der Waals surface area contributed by atoms with E-state index < -0.39 is 5.54 Å². The van der Waals surface area contributed by atoms with Crippen molar-refractivity contribution in [2.24, 2.45) is 5.73 Å². The van der Waals surface area contributed by atoms with E-state index >= 15 is 0 Å². The molecule has 1 aliphatic carbocycles. The molecule has 1 saturated heterocycles. The van der Waals surface area contributed by atoms with Crippen molar-refractivity contribution in [2.75, 3.05) is 13.1 Å². The van der Waals surface area contributed by atoms with E-state index in [0.29, 0.717) is 10.9 Å². The van der Waals surface area contributed by atoms with Gasteiger partial charge in [-0.25, -0.2) is 15.0 Å². The summed E-state index contributed by atoms with van der Waals surface area (Å²) in [6.45, 7) is 2.08. The van der Waals surface area contributed by atoms with Crippen molar-refractivity contribution in [3.05, 3.63) is 52.4 Å². The zero-order valence-corrected chi connectivity index (χ0v) is 18.5. The topological polar surface area (TPSA) is 76.7 Å². The molecule has 3 N–H and O–H groups in total.